The summed E-state index contributed by atoms with van der Waals surface area (Å²) in [7, 11) is 1.31. The van der Waals surface area contributed by atoms with E-state index in [1.807, 2.05) is 30.3 Å². The van der Waals surface area contributed by atoms with Crippen LogP contribution in [0.3, 0.4) is 0 Å². The first-order chi connectivity index (χ1) is 10.2. The fraction of sp³-hybridized carbons (Fsp3) is 0.467. The lowest BCUT2D eigenvalue weighted by atomic mass is 10.1. The first-order valence-corrected chi connectivity index (χ1v) is 6.95. The molecule has 6 heteroatoms. The van der Waals surface area contributed by atoms with Crippen LogP contribution in [0.25, 0.3) is 0 Å². The lowest BCUT2D eigenvalue weighted by molar-refractivity contribution is -0.147. The summed E-state index contributed by atoms with van der Waals surface area (Å²) >= 11 is 0. The number of benzene rings is 1. The van der Waals surface area contributed by atoms with E-state index in [0.29, 0.717) is 19.6 Å². The predicted octanol–water partition coefficient (Wildman–Crippen LogP) is -0.125. The third-order valence-corrected chi connectivity index (χ3v) is 3.30. The molecule has 0 bridgehead atoms. The SMILES string of the molecule is COC(=O)C(Cc1ccccc1)NC(=O)C1CNCCO1. The second kappa shape index (κ2) is 7.75. The summed E-state index contributed by atoms with van der Waals surface area (Å²) in [5.74, 6) is -0.760. The normalized spacial score (nSPS) is 19.6. The number of methoxy groups -OCH3 is 1. The molecule has 1 aromatic rings. The minimum absolute atomic E-state index is 0.298. The molecule has 1 amide bonds. The third-order valence-electron chi connectivity index (χ3n) is 3.30. The quantitative estimate of drug-likeness (QED) is 0.740. The van der Waals surface area contributed by atoms with E-state index < -0.39 is 18.1 Å². The van der Waals surface area contributed by atoms with Crippen LogP contribution < -0.4 is 10.6 Å². The second-order valence-corrected chi connectivity index (χ2v) is 4.84. The number of esters is 1. The van der Waals surface area contributed by atoms with Gasteiger partial charge < -0.3 is 20.1 Å². The fourth-order valence-electron chi connectivity index (χ4n) is 2.18. The van der Waals surface area contributed by atoms with E-state index in [-0.39, 0.29) is 5.91 Å². The van der Waals surface area contributed by atoms with Gasteiger partial charge in [-0.3, -0.25) is 4.79 Å². The molecule has 1 saturated heterocycles. The van der Waals surface area contributed by atoms with Gasteiger partial charge in [-0.2, -0.15) is 0 Å². The summed E-state index contributed by atoms with van der Waals surface area (Å²) in [5, 5.41) is 5.79. The van der Waals surface area contributed by atoms with Crippen LogP contribution in [-0.2, 0) is 25.5 Å². The molecule has 0 aliphatic carbocycles. The smallest absolute Gasteiger partial charge is 0.328 e. The Labute approximate surface area is 123 Å². The molecule has 1 heterocycles. The Balaban J connectivity index is 1.99. The van der Waals surface area contributed by atoms with Gasteiger partial charge in [0.2, 0.25) is 0 Å². The lowest BCUT2D eigenvalue weighted by Gasteiger charge is -2.25. The monoisotopic (exact) mass is 292 g/mol. The van der Waals surface area contributed by atoms with Crippen LogP contribution in [0.5, 0.6) is 0 Å². The van der Waals surface area contributed by atoms with Crippen molar-refractivity contribution in [1.29, 1.82) is 0 Å². The van der Waals surface area contributed by atoms with Crippen LogP contribution in [0.15, 0.2) is 30.3 Å². The van der Waals surface area contributed by atoms with Crippen LogP contribution >= 0.6 is 0 Å². The number of hydrogen-bond donors (Lipinski definition) is 2. The summed E-state index contributed by atoms with van der Waals surface area (Å²) in [5.41, 5.74) is 0.955. The van der Waals surface area contributed by atoms with Gasteiger partial charge in [-0.1, -0.05) is 30.3 Å². The fourth-order valence-corrected chi connectivity index (χ4v) is 2.18. The molecule has 2 rings (SSSR count). The Morgan fingerprint density at radius 1 is 1.43 bits per heavy atom. The Morgan fingerprint density at radius 2 is 2.19 bits per heavy atom. The zero-order chi connectivity index (χ0) is 15.1. The zero-order valence-electron chi connectivity index (χ0n) is 12.0. The van der Waals surface area contributed by atoms with Crippen molar-refractivity contribution in [3.63, 3.8) is 0 Å². The molecule has 2 N–H and O–H groups in total. The first-order valence-electron chi connectivity index (χ1n) is 6.95. The Kier molecular flexibility index (Phi) is 5.71. The molecular formula is C15H20N2O4. The van der Waals surface area contributed by atoms with Crippen molar-refractivity contribution in [3.8, 4) is 0 Å². The molecular weight excluding hydrogens is 272 g/mol. The van der Waals surface area contributed by atoms with Gasteiger partial charge >= 0.3 is 5.97 Å². The number of nitrogens with one attached hydrogen (secondary N) is 2. The molecule has 0 spiro atoms. The van der Waals surface area contributed by atoms with E-state index >= 15 is 0 Å². The maximum absolute atomic E-state index is 12.1. The minimum atomic E-state index is -0.713. The number of rotatable bonds is 5. The Hall–Kier alpha value is -1.92. The van der Waals surface area contributed by atoms with Gasteiger partial charge in [0.1, 0.15) is 12.1 Å². The summed E-state index contributed by atoms with van der Waals surface area (Å²) in [6.45, 7) is 1.67. The molecule has 2 atom stereocenters. The maximum atomic E-state index is 12.1. The average molecular weight is 292 g/mol. The van der Waals surface area contributed by atoms with Gasteiger partial charge in [-0.15, -0.1) is 0 Å². The van der Waals surface area contributed by atoms with Crippen LogP contribution in [-0.4, -0.2) is 50.8 Å². The van der Waals surface area contributed by atoms with Gasteiger partial charge in [0, 0.05) is 19.5 Å². The second-order valence-electron chi connectivity index (χ2n) is 4.84. The van der Waals surface area contributed by atoms with E-state index in [4.69, 9.17) is 9.47 Å². The van der Waals surface area contributed by atoms with Gasteiger partial charge in [0.15, 0.2) is 0 Å². The molecule has 1 fully saturated rings. The third kappa shape index (κ3) is 4.54. The minimum Gasteiger partial charge on any atom is -0.467 e. The molecule has 0 aromatic heterocycles. The van der Waals surface area contributed by atoms with Crippen LogP contribution in [0, 0.1) is 0 Å². The maximum Gasteiger partial charge on any atom is 0.328 e. The molecule has 21 heavy (non-hydrogen) atoms. The average Bonchev–Trinajstić information content (AvgIpc) is 2.55. The zero-order valence-corrected chi connectivity index (χ0v) is 12.0. The number of carbonyl (C=O) groups is 2. The van der Waals surface area contributed by atoms with Crippen LogP contribution in [0.2, 0.25) is 0 Å². The molecule has 2 unspecified atom stereocenters. The molecule has 0 saturated carbocycles. The number of ether oxygens (including phenoxy) is 2. The van der Waals surface area contributed by atoms with E-state index in [2.05, 4.69) is 10.6 Å². The number of carbonyl (C=O) groups excluding carboxylic acids is 2. The highest BCUT2D eigenvalue weighted by molar-refractivity contribution is 5.87. The van der Waals surface area contributed by atoms with E-state index in [0.717, 1.165) is 12.1 Å². The summed E-state index contributed by atoms with van der Waals surface area (Å²) in [6.07, 6.45) is -0.180. The van der Waals surface area contributed by atoms with Gasteiger partial charge in [0.25, 0.3) is 5.91 Å². The largest absolute Gasteiger partial charge is 0.467 e. The van der Waals surface area contributed by atoms with Crippen molar-refractivity contribution in [2.45, 2.75) is 18.6 Å². The summed E-state index contributed by atoms with van der Waals surface area (Å²) < 4.78 is 10.1. The predicted molar refractivity (Wildman–Crippen MR) is 76.7 cm³/mol. The van der Waals surface area contributed by atoms with Crippen molar-refractivity contribution in [3.05, 3.63) is 35.9 Å². The highest BCUT2D eigenvalue weighted by Gasteiger charge is 2.27. The van der Waals surface area contributed by atoms with Gasteiger partial charge in [-0.25, -0.2) is 4.79 Å². The number of morpholine rings is 1. The first kappa shape index (κ1) is 15.5. The van der Waals surface area contributed by atoms with Gasteiger partial charge in [-0.05, 0) is 5.56 Å². The summed E-state index contributed by atoms with van der Waals surface area (Å²) in [6, 6.07) is 8.77. The lowest BCUT2D eigenvalue weighted by Crippen LogP contribution is -2.52. The van der Waals surface area contributed by atoms with Gasteiger partial charge in [0.05, 0.1) is 13.7 Å². The van der Waals surface area contributed by atoms with Crippen LogP contribution in [0.1, 0.15) is 5.56 Å². The van der Waals surface area contributed by atoms with Crippen molar-refractivity contribution in [1.82, 2.24) is 10.6 Å². The van der Waals surface area contributed by atoms with E-state index in [1.54, 1.807) is 0 Å². The van der Waals surface area contributed by atoms with E-state index in [9.17, 15) is 9.59 Å². The topological polar surface area (TPSA) is 76.7 Å². The van der Waals surface area contributed by atoms with Crippen molar-refractivity contribution >= 4 is 11.9 Å². The summed E-state index contributed by atoms with van der Waals surface area (Å²) in [4.78, 5) is 24.0. The standard InChI is InChI=1S/C15H20N2O4/c1-20-15(19)12(9-11-5-3-2-4-6-11)17-14(18)13-10-16-7-8-21-13/h2-6,12-13,16H,7-10H2,1H3,(H,17,18). The van der Waals surface area contributed by atoms with Crippen molar-refractivity contribution in [2.24, 2.45) is 0 Å². The molecule has 0 radical (unpaired) electrons. The van der Waals surface area contributed by atoms with E-state index in [1.165, 1.54) is 7.11 Å². The van der Waals surface area contributed by atoms with Crippen molar-refractivity contribution < 1.29 is 19.1 Å². The Bertz CT molecular complexity index is 472. The number of amides is 1. The highest BCUT2D eigenvalue weighted by Crippen LogP contribution is 2.06. The number of hydrogen-bond acceptors (Lipinski definition) is 5. The Morgan fingerprint density at radius 3 is 2.81 bits per heavy atom. The molecule has 6 nitrogen and oxygen atoms in total. The molecule has 1 aliphatic heterocycles. The molecule has 1 aromatic carbocycles. The molecule has 114 valence electrons. The van der Waals surface area contributed by atoms with Crippen LogP contribution in [0.4, 0.5) is 0 Å². The molecule has 1 aliphatic rings. The highest BCUT2D eigenvalue weighted by atomic mass is 16.5. The van der Waals surface area contributed by atoms with Crippen molar-refractivity contribution in [2.75, 3.05) is 26.8 Å².